The van der Waals surface area contributed by atoms with E-state index in [2.05, 4.69) is 5.32 Å². The van der Waals surface area contributed by atoms with E-state index in [-0.39, 0.29) is 5.92 Å². The number of amides is 1. The van der Waals surface area contributed by atoms with Crippen molar-refractivity contribution in [2.45, 2.75) is 70.1 Å². The molecule has 4 aliphatic carbocycles. The molecule has 4 aliphatic rings. The number of alkyl carbamates (subject to hydrolysis) is 1. The van der Waals surface area contributed by atoms with Crippen molar-refractivity contribution in [2.24, 2.45) is 17.3 Å². The Balaban J connectivity index is 1.81. The van der Waals surface area contributed by atoms with Gasteiger partial charge in [-0.25, -0.2) is 9.59 Å². The maximum Gasteiger partial charge on any atom is 0.408 e. The Morgan fingerprint density at radius 2 is 1.95 bits per heavy atom. The van der Waals surface area contributed by atoms with Crippen LogP contribution >= 0.6 is 0 Å². The first-order valence-electron chi connectivity index (χ1n) is 7.98. The van der Waals surface area contributed by atoms with Gasteiger partial charge in [0, 0.05) is 5.41 Å². The maximum absolute atomic E-state index is 12.0. The largest absolute Gasteiger partial charge is 0.480 e. The number of aliphatic carboxylic acids is 1. The summed E-state index contributed by atoms with van der Waals surface area (Å²) in [6.07, 6.45) is 2.92. The van der Waals surface area contributed by atoms with Gasteiger partial charge in [-0.3, -0.25) is 0 Å². The quantitative estimate of drug-likeness (QED) is 0.740. The molecule has 0 aromatic heterocycles. The normalized spacial score (nSPS) is 40.5. The summed E-state index contributed by atoms with van der Waals surface area (Å²) in [5.74, 6) is -0.491. The predicted molar refractivity (Wildman–Crippen MR) is 78.2 cm³/mol. The molecule has 124 valence electrons. The molecule has 0 radical (unpaired) electrons. The zero-order chi connectivity index (χ0) is 16.3. The fourth-order valence-electron chi connectivity index (χ4n) is 5.25. The van der Waals surface area contributed by atoms with Gasteiger partial charge in [-0.2, -0.15) is 0 Å². The van der Waals surface area contributed by atoms with Crippen molar-refractivity contribution in [2.75, 3.05) is 0 Å². The van der Waals surface area contributed by atoms with Gasteiger partial charge in [0.25, 0.3) is 0 Å². The minimum absolute atomic E-state index is 0.173. The number of aliphatic hydroxyl groups is 1. The lowest BCUT2D eigenvalue weighted by atomic mass is 9.69. The highest BCUT2D eigenvalue weighted by atomic mass is 16.6. The highest BCUT2D eigenvalue weighted by Gasteiger charge is 2.67. The molecule has 0 heterocycles. The smallest absolute Gasteiger partial charge is 0.408 e. The minimum atomic E-state index is -1.04. The van der Waals surface area contributed by atoms with Crippen LogP contribution in [0.4, 0.5) is 4.79 Å². The number of nitrogens with one attached hydrogen (secondary N) is 1. The maximum atomic E-state index is 12.0. The number of carbonyl (C=O) groups is 2. The molecule has 22 heavy (non-hydrogen) atoms. The molecule has 4 bridgehead atoms. The summed E-state index contributed by atoms with van der Waals surface area (Å²) < 4.78 is 5.21. The van der Waals surface area contributed by atoms with Gasteiger partial charge in [0.2, 0.25) is 0 Å². The second-order valence-electron chi connectivity index (χ2n) is 8.46. The zero-order valence-electron chi connectivity index (χ0n) is 13.4. The molecule has 6 heteroatoms. The molecule has 0 spiro atoms. The summed E-state index contributed by atoms with van der Waals surface area (Å²) in [5.41, 5.74) is -1.94. The Bertz CT molecular complexity index is 513. The number of hydrogen-bond acceptors (Lipinski definition) is 4. The fraction of sp³-hybridized carbons (Fsp3) is 0.875. The number of carboxylic acids is 1. The lowest BCUT2D eigenvalue weighted by molar-refractivity contribution is -0.144. The van der Waals surface area contributed by atoms with Crippen LogP contribution in [0.2, 0.25) is 0 Å². The average Bonchev–Trinajstić information content (AvgIpc) is 2.65. The van der Waals surface area contributed by atoms with Crippen molar-refractivity contribution in [3.05, 3.63) is 0 Å². The van der Waals surface area contributed by atoms with Crippen LogP contribution in [0.15, 0.2) is 0 Å². The van der Waals surface area contributed by atoms with Crippen LogP contribution in [0.1, 0.15) is 52.9 Å². The third-order valence-corrected chi connectivity index (χ3v) is 5.54. The number of ether oxygens (including phenoxy) is 1. The second kappa shape index (κ2) is 4.60. The van der Waals surface area contributed by atoms with Crippen LogP contribution in [0.3, 0.4) is 0 Å². The van der Waals surface area contributed by atoms with E-state index in [0.29, 0.717) is 18.8 Å². The van der Waals surface area contributed by atoms with E-state index in [1.165, 1.54) is 0 Å². The molecule has 0 aromatic carbocycles. The molecule has 5 unspecified atom stereocenters. The molecule has 0 aromatic rings. The van der Waals surface area contributed by atoms with Gasteiger partial charge in [0.1, 0.15) is 11.6 Å². The Kier molecular flexibility index (Phi) is 3.26. The predicted octanol–water partition coefficient (Wildman–Crippen LogP) is 1.91. The number of carbonyl (C=O) groups excluding carboxylic acids is 1. The van der Waals surface area contributed by atoms with Crippen molar-refractivity contribution >= 4 is 12.1 Å². The fourth-order valence-corrected chi connectivity index (χ4v) is 5.25. The van der Waals surface area contributed by atoms with Gasteiger partial charge < -0.3 is 20.3 Å². The van der Waals surface area contributed by atoms with E-state index < -0.39 is 34.7 Å². The van der Waals surface area contributed by atoms with E-state index in [1.807, 2.05) is 0 Å². The third-order valence-electron chi connectivity index (χ3n) is 5.54. The van der Waals surface area contributed by atoms with Gasteiger partial charge in [-0.05, 0) is 64.7 Å². The Morgan fingerprint density at radius 3 is 2.50 bits per heavy atom. The van der Waals surface area contributed by atoms with E-state index in [1.54, 1.807) is 20.8 Å². The van der Waals surface area contributed by atoms with Crippen LogP contribution in [0.25, 0.3) is 0 Å². The second-order valence-corrected chi connectivity index (χ2v) is 8.46. The molecule has 6 nitrogen and oxygen atoms in total. The third kappa shape index (κ3) is 2.47. The van der Waals surface area contributed by atoms with E-state index in [9.17, 15) is 19.8 Å². The summed E-state index contributed by atoms with van der Waals surface area (Å²) in [6, 6.07) is -0.994. The van der Waals surface area contributed by atoms with E-state index in [4.69, 9.17) is 4.74 Å². The van der Waals surface area contributed by atoms with Gasteiger partial charge in [0.05, 0.1) is 5.60 Å². The van der Waals surface area contributed by atoms with Crippen molar-refractivity contribution in [1.29, 1.82) is 0 Å². The van der Waals surface area contributed by atoms with Crippen LogP contribution in [-0.2, 0) is 9.53 Å². The summed E-state index contributed by atoms with van der Waals surface area (Å²) in [5, 5.41) is 22.8. The summed E-state index contributed by atoms with van der Waals surface area (Å²) in [4.78, 5) is 23.8. The summed E-state index contributed by atoms with van der Waals surface area (Å²) in [6.45, 7) is 5.23. The van der Waals surface area contributed by atoms with Crippen LogP contribution < -0.4 is 5.32 Å². The Morgan fingerprint density at radius 1 is 1.27 bits per heavy atom. The molecule has 3 N–H and O–H groups in total. The lowest BCUT2D eigenvalue weighted by Gasteiger charge is -2.40. The molecule has 0 saturated heterocycles. The van der Waals surface area contributed by atoms with Crippen molar-refractivity contribution in [1.82, 2.24) is 5.32 Å². The molecule has 1 amide bonds. The van der Waals surface area contributed by atoms with Crippen LogP contribution in [0.5, 0.6) is 0 Å². The van der Waals surface area contributed by atoms with Gasteiger partial charge in [-0.15, -0.1) is 0 Å². The molecule has 4 rings (SSSR count). The molecule has 5 atom stereocenters. The van der Waals surface area contributed by atoms with E-state index in [0.717, 1.165) is 19.3 Å². The van der Waals surface area contributed by atoms with Crippen molar-refractivity contribution in [3.8, 4) is 0 Å². The molecule has 4 saturated carbocycles. The standard InChI is InChI=1S/C16H25NO5/c1-14(2,3)22-13(20)17-11(12(18)19)16-6-9-4-10(16)7-15(21,5-9)8-16/h9-11,21H,4-8H2,1-3H3,(H,17,20)(H,18,19). The first kappa shape index (κ1) is 15.6. The van der Waals surface area contributed by atoms with Crippen molar-refractivity contribution < 1.29 is 24.5 Å². The minimum Gasteiger partial charge on any atom is -0.480 e. The Hall–Kier alpha value is -1.30. The molecular weight excluding hydrogens is 286 g/mol. The number of hydrogen-bond donors (Lipinski definition) is 3. The van der Waals surface area contributed by atoms with Crippen LogP contribution in [-0.4, -0.2) is 39.5 Å². The zero-order valence-corrected chi connectivity index (χ0v) is 13.4. The molecular formula is C16H25NO5. The number of carboxylic acid groups (broad SMARTS) is 1. The Labute approximate surface area is 130 Å². The van der Waals surface area contributed by atoms with Gasteiger partial charge >= 0.3 is 12.1 Å². The topological polar surface area (TPSA) is 95.9 Å². The van der Waals surface area contributed by atoms with Crippen molar-refractivity contribution in [3.63, 3.8) is 0 Å². The van der Waals surface area contributed by atoms with Gasteiger partial charge in [0.15, 0.2) is 0 Å². The summed E-state index contributed by atoms with van der Waals surface area (Å²) in [7, 11) is 0. The highest BCUT2D eigenvalue weighted by molar-refractivity contribution is 5.81. The first-order valence-corrected chi connectivity index (χ1v) is 7.98. The van der Waals surface area contributed by atoms with Gasteiger partial charge in [-0.1, -0.05) is 0 Å². The lowest BCUT2D eigenvalue weighted by Crippen LogP contribution is -2.55. The average molecular weight is 311 g/mol. The monoisotopic (exact) mass is 311 g/mol. The first-order chi connectivity index (χ1) is 10.0. The molecule has 0 aliphatic heterocycles. The summed E-state index contributed by atoms with van der Waals surface area (Å²) >= 11 is 0. The van der Waals surface area contributed by atoms with Crippen LogP contribution in [0, 0.1) is 17.3 Å². The molecule has 4 fully saturated rings. The highest BCUT2D eigenvalue weighted by Crippen LogP contribution is 2.68. The SMILES string of the molecule is CC(C)(C)OC(=O)NC(C(=O)O)C12CC3CC1CC(O)(C3)C2. The van der Waals surface area contributed by atoms with E-state index >= 15 is 0 Å². The number of rotatable bonds is 3.